The van der Waals surface area contributed by atoms with Crippen molar-refractivity contribution in [2.24, 2.45) is 5.92 Å². The Bertz CT molecular complexity index is 407. The summed E-state index contributed by atoms with van der Waals surface area (Å²) in [6, 6.07) is 7.67. The minimum absolute atomic E-state index is 0.0580. The Morgan fingerprint density at radius 2 is 2.05 bits per heavy atom. The summed E-state index contributed by atoms with van der Waals surface area (Å²) in [7, 11) is 0. The number of ether oxygens (including phenoxy) is 1. The van der Waals surface area contributed by atoms with Crippen LogP contribution >= 0.6 is 15.9 Å². The fourth-order valence-electron chi connectivity index (χ4n) is 1.68. The normalized spacial score (nSPS) is 12.3. The highest BCUT2D eigenvalue weighted by Gasteiger charge is 2.08. The quantitative estimate of drug-likeness (QED) is 0.827. The average molecular weight is 328 g/mol. The third-order valence-electron chi connectivity index (χ3n) is 2.75. The highest BCUT2D eigenvalue weighted by molar-refractivity contribution is 9.10. The predicted octanol–water partition coefficient (Wildman–Crippen LogP) is 3.77. The van der Waals surface area contributed by atoms with Gasteiger partial charge in [-0.2, -0.15) is 0 Å². The van der Waals surface area contributed by atoms with Crippen LogP contribution in [0.1, 0.15) is 33.6 Å². The van der Waals surface area contributed by atoms with Gasteiger partial charge in [0.1, 0.15) is 5.75 Å². The van der Waals surface area contributed by atoms with Crippen LogP contribution in [-0.4, -0.2) is 18.6 Å². The summed E-state index contributed by atoms with van der Waals surface area (Å²) < 4.78 is 6.37. The molecular formula is C15H22BrNO2. The molecule has 1 aromatic rings. The van der Waals surface area contributed by atoms with Crippen molar-refractivity contribution in [3.63, 3.8) is 0 Å². The SMILES string of the molecule is CC(C)CCC(C)NC(=O)COc1cccc(Br)c1. The van der Waals surface area contributed by atoms with Gasteiger partial charge < -0.3 is 10.1 Å². The molecule has 1 unspecified atom stereocenters. The molecule has 0 radical (unpaired) electrons. The van der Waals surface area contributed by atoms with Crippen LogP contribution in [0.3, 0.4) is 0 Å². The van der Waals surface area contributed by atoms with Gasteiger partial charge in [0, 0.05) is 10.5 Å². The van der Waals surface area contributed by atoms with Crippen molar-refractivity contribution in [2.45, 2.75) is 39.7 Å². The smallest absolute Gasteiger partial charge is 0.258 e. The van der Waals surface area contributed by atoms with E-state index < -0.39 is 0 Å². The lowest BCUT2D eigenvalue weighted by Gasteiger charge is -2.15. The zero-order valence-electron chi connectivity index (χ0n) is 11.8. The monoisotopic (exact) mass is 327 g/mol. The Balaban J connectivity index is 2.27. The molecule has 0 bridgehead atoms. The van der Waals surface area contributed by atoms with E-state index in [9.17, 15) is 4.79 Å². The zero-order valence-corrected chi connectivity index (χ0v) is 13.4. The van der Waals surface area contributed by atoms with E-state index in [-0.39, 0.29) is 18.6 Å². The predicted molar refractivity (Wildman–Crippen MR) is 81.3 cm³/mol. The van der Waals surface area contributed by atoms with E-state index in [4.69, 9.17) is 4.74 Å². The fraction of sp³-hybridized carbons (Fsp3) is 0.533. The molecule has 4 heteroatoms. The summed E-state index contributed by atoms with van der Waals surface area (Å²) in [5.74, 6) is 1.29. The van der Waals surface area contributed by atoms with Crippen molar-refractivity contribution < 1.29 is 9.53 Å². The maximum atomic E-state index is 11.7. The number of carbonyl (C=O) groups is 1. The van der Waals surface area contributed by atoms with Crippen LogP contribution in [0.2, 0.25) is 0 Å². The van der Waals surface area contributed by atoms with Gasteiger partial charge in [-0.1, -0.05) is 35.8 Å². The van der Waals surface area contributed by atoms with Crippen molar-refractivity contribution in [3.8, 4) is 5.75 Å². The highest BCUT2D eigenvalue weighted by atomic mass is 79.9. The van der Waals surface area contributed by atoms with Gasteiger partial charge in [-0.25, -0.2) is 0 Å². The van der Waals surface area contributed by atoms with E-state index in [1.54, 1.807) is 0 Å². The fourth-order valence-corrected chi connectivity index (χ4v) is 2.06. The summed E-state index contributed by atoms with van der Waals surface area (Å²) in [5.41, 5.74) is 0. The second kappa shape index (κ2) is 8.20. The van der Waals surface area contributed by atoms with Gasteiger partial charge in [-0.3, -0.25) is 4.79 Å². The van der Waals surface area contributed by atoms with Crippen LogP contribution in [0.4, 0.5) is 0 Å². The van der Waals surface area contributed by atoms with Crippen LogP contribution < -0.4 is 10.1 Å². The second-order valence-electron chi connectivity index (χ2n) is 5.19. The summed E-state index contributed by atoms with van der Waals surface area (Å²) in [4.78, 5) is 11.7. The minimum Gasteiger partial charge on any atom is -0.484 e. The van der Waals surface area contributed by atoms with Crippen LogP contribution in [0.25, 0.3) is 0 Å². The molecule has 1 N–H and O–H groups in total. The van der Waals surface area contributed by atoms with Gasteiger partial charge in [0.25, 0.3) is 5.91 Å². The molecule has 19 heavy (non-hydrogen) atoms. The average Bonchev–Trinajstić information content (AvgIpc) is 2.34. The maximum absolute atomic E-state index is 11.7. The van der Waals surface area contributed by atoms with E-state index in [0.29, 0.717) is 11.7 Å². The third kappa shape index (κ3) is 7.21. The molecule has 0 aliphatic rings. The van der Waals surface area contributed by atoms with Crippen molar-refractivity contribution in [1.29, 1.82) is 0 Å². The van der Waals surface area contributed by atoms with E-state index in [1.807, 2.05) is 31.2 Å². The van der Waals surface area contributed by atoms with Gasteiger partial charge in [0.05, 0.1) is 0 Å². The van der Waals surface area contributed by atoms with Gasteiger partial charge in [0.15, 0.2) is 6.61 Å². The van der Waals surface area contributed by atoms with Gasteiger partial charge in [-0.05, 0) is 43.9 Å². The molecule has 0 aromatic heterocycles. The molecule has 0 aliphatic carbocycles. The lowest BCUT2D eigenvalue weighted by atomic mass is 10.0. The molecule has 1 aromatic carbocycles. The number of nitrogens with one attached hydrogen (secondary N) is 1. The van der Waals surface area contributed by atoms with Crippen LogP contribution in [-0.2, 0) is 4.79 Å². The minimum atomic E-state index is -0.0729. The van der Waals surface area contributed by atoms with Crippen LogP contribution in [0.5, 0.6) is 5.75 Å². The van der Waals surface area contributed by atoms with E-state index in [1.165, 1.54) is 0 Å². The molecule has 0 heterocycles. The van der Waals surface area contributed by atoms with Crippen molar-refractivity contribution >= 4 is 21.8 Å². The lowest BCUT2D eigenvalue weighted by molar-refractivity contribution is -0.123. The maximum Gasteiger partial charge on any atom is 0.258 e. The van der Waals surface area contributed by atoms with Crippen LogP contribution in [0, 0.1) is 5.92 Å². The second-order valence-corrected chi connectivity index (χ2v) is 6.10. The zero-order chi connectivity index (χ0) is 14.3. The van der Waals surface area contributed by atoms with E-state index in [2.05, 4.69) is 35.1 Å². The van der Waals surface area contributed by atoms with Crippen LogP contribution in [0.15, 0.2) is 28.7 Å². The van der Waals surface area contributed by atoms with E-state index in [0.717, 1.165) is 17.3 Å². The Kier molecular flexibility index (Phi) is 6.92. The molecule has 0 saturated heterocycles. The Labute approximate surface area is 123 Å². The molecule has 106 valence electrons. The van der Waals surface area contributed by atoms with Crippen molar-refractivity contribution in [1.82, 2.24) is 5.32 Å². The first-order valence-electron chi connectivity index (χ1n) is 6.65. The first-order chi connectivity index (χ1) is 8.97. The first-order valence-corrected chi connectivity index (χ1v) is 7.44. The Morgan fingerprint density at radius 1 is 1.32 bits per heavy atom. The summed E-state index contributed by atoms with van der Waals surface area (Å²) in [6.07, 6.45) is 2.12. The molecule has 0 spiro atoms. The number of benzene rings is 1. The number of halogens is 1. The molecule has 1 atom stereocenters. The largest absolute Gasteiger partial charge is 0.484 e. The topological polar surface area (TPSA) is 38.3 Å². The molecule has 1 amide bonds. The molecule has 0 aliphatic heterocycles. The molecule has 0 saturated carbocycles. The van der Waals surface area contributed by atoms with Gasteiger partial charge in [-0.15, -0.1) is 0 Å². The number of hydrogen-bond acceptors (Lipinski definition) is 2. The summed E-state index contributed by atoms with van der Waals surface area (Å²) in [6.45, 7) is 6.46. The molecule has 1 rings (SSSR count). The highest BCUT2D eigenvalue weighted by Crippen LogP contribution is 2.17. The van der Waals surface area contributed by atoms with Gasteiger partial charge >= 0.3 is 0 Å². The third-order valence-corrected chi connectivity index (χ3v) is 3.24. The Hall–Kier alpha value is -1.03. The number of hydrogen-bond donors (Lipinski definition) is 1. The molecule has 0 fully saturated rings. The lowest BCUT2D eigenvalue weighted by Crippen LogP contribution is -2.36. The number of amides is 1. The van der Waals surface area contributed by atoms with Crippen molar-refractivity contribution in [3.05, 3.63) is 28.7 Å². The van der Waals surface area contributed by atoms with E-state index >= 15 is 0 Å². The summed E-state index contributed by atoms with van der Waals surface area (Å²) >= 11 is 3.36. The van der Waals surface area contributed by atoms with Crippen molar-refractivity contribution in [2.75, 3.05) is 6.61 Å². The summed E-state index contributed by atoms with van der Waals surface area (Å²) in [5, 5.41) is 2.94. The molecule has 3 nitrogen and oxygen atoms in total. The number of carbonyl (C=O) groups excluding carboxylic acids is 1. The van der Waals surface area contributed by atoms with Gasteiger partial charge in [0.2, 0.25) is 0 Å². The standard InChI is InChI=1S/C15H22BrNO2/c1-11(2)7-8-12(3)17-15(18)10-19-14-6-4-5-13(16)9-14/h4-6,9,11-12H,7-8,10H2,1-3H3,(H,17,18). The Morgan fingerprint density at radius 3 is 2.68 bits per heavy atom. The molecular weight excluding hydrogens is 306 g/mol. The first kappa shape index (κ1) is 16.0. The number of rotatable bonds is 7.